The minimum Gasteiger partial charge on any atom is -0.122 e. The molecule has 0 N–H and O–H groups in total. The molecule has 0 nitrogen and oxygen atoms in total. The molecule has 1 fully saturated rings. The van der Waals surface area contributed by atoms with Gasteiger partial charge in [0.2, 0.25) is 0 Å². The molecule has 1 atom stereocenters. The zero-order valence-electron chi connectivity index (χ0n) is 12.5. The van der Waals surface area contributed by atoms with Gasteiger partial charge in [-0.2, -0.15) is 0 Å². The standard InChI is InChI=1S/C18H26Cl2/c1-2-3-6-14-9-11-15(12-10-14)18(20)13-16-7-4-5-8-17(16)19/h4-5,7-8,14-15,18H,2-3,6,9-13H2,1H3. The molecule has 0 bridgehead atoms. The third kappa shape index (κ3) is 4.67. The molecular weight excluding hydrogens is 287 g/mol. The Morgan fingerprint density at radius 3 is 2.50 bits per heavy atom. The molecule has 1 unspecified atom stereocenters. The Balaban J connectivity index is 1.80. The van der Waals surface area contributed by atoms with E-state index in [-0.39, 0.29) is 5.38 Å². The summed E-state index contributed by atoms with van der Waals surface area (Å²) in [7, 11) is 0. The van der Waals surface area contributed by atoms with Crippen molar-refractivity contribution >= 4 is 23.2 Å². The van der Waals surface area contributed by atoms with Crippen LogP contribution in [0.15, 0.2) is 24.3 Å². The van der Waals surface area contributed by atoms with Crippen molar-refractivity contribution in [3.8, 4) is 0 Å². The minimum atomic E-state index is 0.238. The van der Waals surface area contributed by atoms with Crippen molar-refractivity contribution < 1.29 is 0 Å². The lowest BCUT2D eigenvalue weighted by Crippen LogP contribution is -2.24. The van der Waals surface area contributed by atoms with E-state index in [9.17, 15) is 0 Å². The van der Waals surface area contributed by atoms with Gasteiger partial charge < -0.3 is 0 Å². The molecule has 1 aromatic rings. The van der Waals surface area contributed by atoms with E-state index in [2.05, 4.69) is 13.0 Å². The highest BCUT2D eigenvalue weighted by molar-refractivity contribution is 6.31. The Bertz CT molecular complexity index is 394. The van der Waals surface area contributed by atoms with E-state index in [1.54, 1.807) is 0 Å². The van der Waals surface area contributed by atoms with Crippen LogP contribution in [0.4, 0.5) is 0 Å². The fraction of sp³-hybridized carbons (Fsp3) is 0.667. The maximum absolute atomic E-state index is 6.66. The summed E-state index contributed by atoms with van der Waals surface area (Å²) < 4.78 is 0. The number of rotatable bonds is 6. The number of hydrogen-bond donors (Lipinski definition) is 0. The van der Waals surface area contributed by atoms with Crippen molar-refractivity contribution in [2.45, 2.75) is 63.7 Å². The molecule has 112 valence electrons. The van der Waals surface area contributed by atoms with Crippen LogP contribution in [-0.4, -0.2) is 5.38 Å². The van der Waals surface area contributed by atoms with Crippen molar-refractivity contribution in [2.75, 3.05) is 0 Å². The van der Waals surface area contributed by atoms with Crippen LogP contribution in [-0.2, 0) is 6.42 Å². The fourth-order valence-corrected chi connectivity index (χ4v) is 4.00. The average molecular weight is 313 g/mol. The van der Waals surface area contributed by atoms with Gasteiger partial charge in [0.25, 0.3) is 0 Å². The molecule has 0 aromatic heterocycles. The van der Waals surface area contributed by atoms with Gasteiger partial charge in [-0.1, -0.05) is 68.8 Å². The van der Waals surface area contributed by atoms with Crippen molar-refractivity contribution in [2.24, 2.45) is 11.8 Å². The van der Waals surface area contributed by atoms with Gasteiger partial charge >= 0.3 is 0 Å². The summed E-state index contributed by atoms with van der Waals surface area (Å²) in [5, 5.41) is 1.09. The molecule has 0 aliphatic heterocycles. The quantitative estimate of drug-likeness (QED) is 0.527. The van der Waals surface area contributed by atoms with Gasteiger partial charge in [0.1, 0.15) is 0 Å². The molecule has 1 aromatic carbocycles. The monoisotopic (exact) mass is 312 g/mol. The van der Waals surface area contributed by atoms with Gasteiger partial charge in [-0.3, -0.25) is 0 Å². The van der Waals surface area contributed by atoms with Crippen LogP contribution in [0.1, 0.15) is 57.4 Å². The zero-order chi connectivity index (χ0) is 14.4. The lowest BCUT2D eigenvalue weighted by Gasteiger charge is -2.31. The van der Waals surface area contributed by atoms with E-state index in [0.29, 0.717) is 5.92 Å². The molecule has 0 heterocycles. The van der Waals surface area contributed by atoms with E-state index >= 15 is 0 Å². The first kappa shape index (κ1) is 16.2. The van der Waals surface area contributed by atoms with Crippen LogP contribution in [0.3, 0.4) is 0 Å². The van der Waals surface area contributed by atoms with Gasteiger partial charge in [-0.05, 0) is 42.7 Å². The molecule has 2 heteroatoms. The fourth-order valence-electron chi connectivity index (χ4n) is 3.37. The Morgan fingerprint density at radius 2 is 1.85 bits per heavy atom. The second kappa shape index (κ2) is 8.29. The van der Waals surface area contributed by atoms with Crippen LogP contribution in [0.5, 0.6) is 0 Å². The summed E-state index contributed by atoms with van der Waals surface area (Å²) in [5.74, 6) is 1.63. The van der Waals surface area contributed by atoms with Crippen LogP contribution in [0.25, 0.3) is 0 Å². The lowest BCUT2D eigenvalue weighted by molar-refractivity contribution is 0.253. The maximum Gasteiger partial charge on any atom is 0.0438 e. The maximum atomic E-state index is 6.66. The van der Waals surface area contributed by atoms with Crippen LogP contribution in [0, 0.1) is 11.8 Å². The average Bonchev–Trinajstić information content (AvgIpc) is 2.48. The second-order valence-corrected chi connectivity index (χ2v) is 7.20. The van der Waals surface area contributed by atoms with Crippen molar-refractivity contribution in [1.82, 2.24) is 0 Å². The van der Waals surface area contributed by atoms with E-state index in [1.807, 2.05) is 18.2 Å². The first-order valence-corrected chi connectivity index (χ1v) is 8.89. The molecule has 1 aliphatic carbocycles. The van der Waals surface area contributed by atoms with Crippen molar-refractivity contribution in [1.29, 1.82) is 0 Å². The first-order valence-electron chi connectivity index (χ1n) is 8.08. The highest BCUT2D eigenvalue weighted by Crippen LogP contribution is 2.36. The summed E-state index contributed by atoms with van der Waals surface area (Å²) in [6.07, 6.45) is 10.4. The van der Waals surface area contributed by atoms with Gasteiger partial charge in [0.05, 0.1) is 0 Å². The van der Waals surface area contributed by atoms with E-state index in [1.165, 1.54) is 50.5 Å². The van der Waals surface area contributed by atoms with E-state index in [0.717, 1.165) is 17.4 Å². The first-order chi connectivity index (χ1) is 9.70. The SMILES string of the molecule is CCCCC1CCC(C(Cl)Cc2ccccc2Cl)CC1. The molecular formula is C18H26Cl2. The number of unbranched alkanes of at least 4 members (excludes halogenated alkanes) is 1. The molecule has 0 saturated heterocycles. The van der Waals surface area contributed by atoms with Gasteiger partial charge in [-0.15, -0.1) is 11.6 Å². The number of hydrogen-bond acceptors (Lipinski definition) is 0. The molecule has 0 amide bonds. The van der Waals surface area contributed by atoms with E-state index < -0.39 is 0 Å². The number of halogens is 2. The summed E-state index contributed by atoms with van der Waals surface area (Å²) >= 11 is 12.9. The van der Waals surface area contributed by atoms with E-state index in [4.69, 9.17) is 23.2 Å². The Morgan fingerprint density at radius 1 is 1.15 bits per heavy atom. The zero-order valence-corrected chi connectivity index (χ0v) is 14.0. The third-order valence-corrected chi connectivity index (χ3v) is 5.62. The summed E-state index contributed by atoms with van der Waals surface area (Å²) in [6.45, 7) is 2.28. The van der Waals surface area contributed by atoms with Gasteiger partial charge in [0.15, 0.2) is 0 Å². The highest BCUT2D eigenvalue weighted by atomic mass is 35.5. The van der Waals surface area contributed by atoms with Crippen LogP contribution < -0.4 is 0 Å². The lowest BCUT2D eigenvalue weighted by atomic mass is 9.77. The minimum absolute atomic E-state index is 0.238. The Labute approximate surface area is 133 Å². The molecule has 0 radical (unpaired) electrons. The van der Waals surface area contributed by atoms with Crippen molar-refractivity contribution in [3.05, 3.63) is 34.9 Å². The van der Waals surface area contributed by atoms with Crippen molar-refractivity contribution in [3.63, 3.8) is 0 Å². The Hall–Kier alpha value is -0.200. The number of alkyl halides is 1. The molecule has 1 aliphatic rings. The molecule has 0 spiro atoms. The van der Waals surface area contributed by atoms with Gasteiger partial charge in [0, 0.05) is 10.4 Å². The normalized spacial score (nSPS) is 24.6. The second-order valence-electron chi connectivity index (χ2n) is 6.23. The highest BCUT2D eigenvalue weighted by Gasteiger charge is 2.26. The largest absolute Gasteiger partial charge is 0.122 e. The predicted octanol–water partition coefficient (Wildman–Crippen LogP) is 6.49. The molecule has 2 rings (SSSR count). The predicted molar refractivity (Wildman–Crippen MR) is 89.8 cm³/mol. The van der Waals surface area contributed by atoms with Crippen LogP contribution in [0.2, 0.25) is 5.02 Å². The summed E-state index contributed by atoms with van der Waals surface area (Å²) in [6, 6.07) is 8.09. The Kier molecular flexibility index (Phi) is 6.71. The number of benzene rings is 1. The summed E-state index contributed by atoms with van der Waals surface area (Å²) in [5.41, 5.74) is 1.20. The topological polar surface area (TPSA) is 0 Å². The smallest absolute Gasteiger partial charge is 0.0438 e. The summed E-state index contributed by atoms with van der Waals surface area (Å²) in [4.78, 5) is 0. The third-order valence-electron chi connectivity index (χ3n) is 4.74. The molecule has 1 saturated carbocycles. The van der Waals surface area contributed by atoms with Crippen LogP contribution >= 0.6 is 23.2 Å². The molecule has 20 heavy (non-hydrogen) atoms. The van der Waals surface area contributed by atoms with Gasteiger partial charge in [-0.25, -0.2) is 0 Å².